The molecule has 1 aliphatic heterocycles. The Hall–Kier alpha value is -3.20. The van der Waals surface area contributed by atoms with Crippen molar-refractivity contribution in [3.8, 4) is 28.7 Å². The second kappa shape index (κ2) is 11.8. The summed E-state index contributed by atoms with van der Waals surface area (Å²) in [4.78, 5) is 17.9. The van der Waals surface area contributed by atoms with Crippen molar-refractivity contribution in [2.45, 2.75) is 26.3 Å². The van der Waals surface area contributed by atoms with Crippen molar-refractivity contribution in [2.75, 3.05) is 26.2 Å². The van der Waals surface area contributed by atoms with Crippen LogP contribution in [0.15, 0.2) is 66.0 Å². The van der Waals surface area contributed by atoms with Crippen LogP contribution in [0, 0.1) is 22.7 Å². The molecule has 5 nitrogen and oxygen atoms in total. The largest absolute Gasteiger partial charge is 0.492 e. The lowest BCUT2D eigenvalue weighted by atomic mass is 9.99. The monoisotopic (exact) mass is 473 g/mol. The minimum absolute atomic E-state index is 0.0557. The van der Waals surface area contributed by atoms with E-state index in [1.165, 1.54) is 12.8 Å². The van der Waals surface area contributed by atoms with Gasteiger partial charge in [-0.15, -0.1) is 0 Å². The molecule has 0 spiro atoms. The fourth-order valence-electron chi connectivity index (χ4n) is 3.98. The number of benzene rings is 2. The summed E-state index contributed by atoms with van der Waals surface area (Å²) < 4.78 is 5.99. The van der Waals surface area contributed by atoms with Gasteiger partial charge in [0, 0.05) is 34.5 Å². The predicted octanol–water partition coefficient (Wildman–Crippen LogP) is 6.18. The molecule has 0 amide bonds. The Morgan fingerprint density at radius 2 is 1.82 bits per heavy atom. The van der Waals surface area contributed by atoms with E-state index in [9.17, 15) is 4.91 Å². The van der Waals surface area contributed by atoms with Gasteiger partial charge < -0.3 is 4.74 Å². The first kappa shape index (κ1) is 23.9. The topological polar surface area (TPSA) is 54.8 Å². The van der Waals surface area contributed by atoms with Gasteiger partial charge in [0.25, 0.3) is 0 Å². The van der Waals surface area contributed by atoms with E-state index in [0.717, 1.165) is 47.8 Å². The average molecular weight is 474 g/mol. The third-order valence-electron chi connectivity index (χ3n) is 6.11. The van der Waals surface area contributed by atoms with Crippen LogP contribution in [0.25, 0.3) is 11.1 Å². The Kier molecular flexibility index (Phi) is 8.30. The van der Waals surface area contributed by atoms with Gasteiger partial charge in [-0.2, -0.15) is 4.91 Å². The first-order chi connectivity index (χ1) is 16.6. The zero-order valence-electron chi connectivity index (χ0n) is 19.3. The Balaban J connectivity index is 1.39. The standard InChI is InChI=1S/C28H28ClN3O2/c1-21-12-14-32(15-13-21)16-17-34-28-11-3-22(18-25(28)20-31-33)2-9-27-10-6-24(19-30-27)23-4-7-26(29)8-5-23/h3-8,10-11,18-19,21H,12-17,20H2,1H3. The molecule has 0 saturated carbocycles. The smallest absolute Gasteiger partial charge is 0.124 e. The molecular weight excluding hydrogens is 446 g/mol. The van der Waals surface area contributed by atoms with Crippen LogP contribution in [0.4, 0.5) is 0 Å². The number of nitroso groups, excluding NO2 is 1. The number of ether oxygens (including phenoxy) is 1. The van der Waals surface area contributed by atoms with E-state index in [4.69, 9.17) is 16.3 Å². The molecule has 4 rings (SSSR count). The van der Waals surface area contributed by atoms with Crippen molar-refractivity contribution in [2.24, 2.45) is 11.1 Å². The summed E-state index contributed by atoms with van der Waals surface area (Å²) in [5, 5.41) is 3.77. The third-order valence-corrected chi connectivity index (χ3v) is 6.36. The van der Waals surface area contributed by atoms with Gasteiger partial charge >= 0.3 is 0 Å². The van der Waals surface area contributed by atoms with Crippen LogP contribution in [0.1, 0.15) is 36.6 Å². The molecule has 1 saturated heterocycles. The van der Waals surface area contributed by atoms with Crippen LogP contribution in [-0.4, -0.2) is 36.1 Å². The average Bonchev–Trinajstić information content (AvgIpc) is 2.86. The second-order valence-electron chi connectivity index (χ2n) is 8.67. The van der Waals surface area contributed by atoms with Crippen molar-refractivity contribution >= 4 is 11.6 Å². The highest BCUT2D eigenvalue weighted by molar-refractivity contribution is 6.30. The summed E-state index contributed by atoms with van der Waals surface area (Å²) >= 11 is 5.96. The lowest BCUT2D eigenvalue weighted by Crippen LogP contribution is -2.35. The van der Waals surface area contributed by atoms with E-state index in [-0.39, 0.29) is 6.54 Å². The van der Waals surface area contributed by atoms with E-state index in [1.807, 2.05) is 54.6 Å². The van der Waals surface area contributed by atoms with Crippen molar-refractivity contribution in [3.05, 3.63) is 87.5 Å². The molecule has 174 valence electrons. The van der Waals surface area contributed by atoms with Gasteiger partial charge in [-0.05, 0) is 79.7 Å². The maximum absolute atomic E-state index is 11.0. The molecule has 0 aliphatic carbocycles. The molecule has 1 fully saturated rings. The molecule has 1 aromatic heterocycles. The van der Waals surface area contributed by atoms with Crippen LogP contribution in [0.3, 0.4) is 0 Å². The summed E-state index contributed by atoms with van der Waals surface area (Å²) in [6.45, 7) is 6.09. The molecule has 0 radical (unpaired) electrons. The number of likely N-dealkylation sites (tertiary alicyclic amines) is 1. The zero-order valence-corrected chi connectivity index (χ0v) is 20.1. The van der Waals surface area contributed by atoms with Gasteiger partial charge in [-0.3, -0.25) is 4.90 Å². The Morgan fingerprint density at radius 3 is 2.53 bits per heavy atom. The Morgan fingerprint density at radius 1 is 1.06 bits per heavy atom. The van der Waals surface area contributed by atoms with Gasteiger partial charge in [-0.1, -0.05) is 47.8 Å². The molecular formula is C28H28ClN3O2. The van der Waals surface area contributed by atoms with Crippen LogP contribution in [0.2, 0.25) is 5.02 Å². The Labute approximate surface area is 206 Å². The molecule has 0 unspecified atom stereocenters. The highest BCUT2D eigenvalue weighted by Crippen LogP contribution is 2.23. The fourth-order valence-corrected chi connectivity index (χ4v) is 4.10. The number of pyridine rings is 1. The van der Waals surface area contributed by atoms with Gasteiger partial charge in [0.2, 0.25) is 0 Å². The molecule has 3 aromatic rings. The minimum atomic E-state index is 0.0557. The molecule has 0 atom stereocenters. The first-order valence-electron chi connectivity index (χ1n) is 11.6. The molecule has 0 N–H and O–H groups in total. The summed E-state index contributed by atoms with van der Waals surface area (Å²) in [5.74, 6) is 7.72. The van der Waals surface area contributed by atoms with Gasteiger partial charge in [0.05, 0.1) is 0 Å². The molecule has 1 aliphatic rings. The number of nitrogens with zero attached hydrogens (tertiary/aromatic N) is 3. The van der Waals surface area contributed by atoms with E-state index >= 15 is 0 Å². The van der Waals surface area contributed by atoms with Crippen LogP contribution >= 0.6 is 11.6 Å². The number of piperidine rings is 1. The van der Waals surface area contributed by atoms with E-state index in [0.29, 0.717) is 23.1 Å². The summed E-state index contributed by atoms with van der Waals surface area (Å²) in [6, 6.07) is 17.2. The highest BCUT2D eigenvalue weighted by atomic mass is 35.5. The third kappa shape index (κ3) is 6.66. The van der Waals surface area contributed by atoms with Crippen LogP contribution in [0.5, 0.6) is 5.75 Å². The highest BCUT2D eigenvalue weighted by Gasteiger charge is 2.15. The maximum atomic E-state index is 11.0. The number of aromatic nitrogens is 1. The van der Waals surface area contributed by atoms with Crippen molar-refractivity contribution in [1.29, 1.82) is 0 Å². The lowest BCUT2D eigenvalue weighted by Gasteiger charge is -2.30. The summed E-state index contributed by atoms with van der Waals surface area (Å²) in [5.41, 5.74) is 4.26. The van der Waals surface area contributed by atoms with E-state index < -0.39 is 0 Å². The SMILES string of the molecule is CC1CCN(CCOc2ccc(C#Cc3ccc(-c4ccc(Cl)cc4)cn3)cc2CN=O)CC1. The quantitative estimate of drug-likeness (QED) is 0.304. The number of halogens is 1. The fraction of sp³-hybridized carbons (Fsp3) is 0.321. The van der Waals surface area contributed by atoms with Crippen LogP contribution in [-0.2, 0) is 6.54 Å². The Bertz CT molecular complexity index is 1160. The maximum Gasteiger partial charge on any atom is 0.124 e. The molecule has 0 bridgehead atoms. The molecule has 2 heterocycles. The molecule has 2 aromatic carbocycles. The zero-order chi connectivity index (χ0) is 23.8. The van der Waals surface area contributed by atoms with Gasteiger partial charge in [0.15, 0.2) is 0 Å². The van der Waals surface area contributed by atoms with Crippen molar-refractivity contribution in [1.82, 2.24) is 9.88 Å². The van der Waals surface area contributed by atoms with Crippen molar-refractivity contribution in [3.63, 3.8) is 0 Å². The van der Waals surface area contributed by atoms with Crippen molar-refractivity contribution < 1.29 is 4.74 Å². The molecule has 6 heteroatoms. The number of rotatable bonds is 7. The van der Waals surface area contributed by atoms with E-state index in [1.54, 1.807) is 6.20 Å². The summed E-state index contributed by atoms with van der Waals surface area (Å²) in [7, 11) is 0. The second-order valence-corrected chi connectivity index (χ2v) is 9.11. The normalized spacial score (nSPS) is 14.3. The lowest BCUT2D eigenvalue weighted by molar-refractivity contribution is 0.160. The summed E-state index contributed by atoms with van der Waals surface area (Å²) in [6.07, 6.45) is 4.29. The van der Waals surface area contributed by atoms with Gasteiger partial charge in [-0.25, -0.2) is 4.98 Å². The number of hydrogen-bond donors (Lipinski definition) is 0. The van der Waals surface area contributed by atoms with Gasteiger partial charge in [0.1, 0.15) is 24.6 Å². The number of hydrogen-bond acceptors (Lipinski definition) is 5. The van der Waals surface area contributed by atoms with E-state index in [2.05, 4.69) is 33.8 Å². The minimum Gasteiger partial charge on any atom is -0.492 e. The predicted molar refractivity (Wildman–Crippen MR) is 137 cm³/mol. The van der Waals surface area contributed by atoms with Crippen LogP contribution < -0.4 is 4.74 Å². The molecule has 34 heavy (non-hydrogen) atoms. The first-order valence-corrected chi connectivity index (χ1v) is 12.0.